The summed E-state index contributed by atoms with van der Waals surface area (Å²) in [4.78, 5) is 15.9. The van der Waals surface area contributed by atoms with Gasteiger partial charge in [-0.25, -0.2) is 24.5 Å². The zero-order chi connectivity index (χ0) is 18.1. The van der Waals surface area contributed by atoms with Gasteiger partial charge in [-0.3, -0.25) is 0 Å². The van der Waals surface area contributed by atoms with E-state index in [4.69, 9.17) is 0 Å². The number of pyridine rings is 1. The van der Waals surface area contributed by atoms with Gasteiger partial charge in [0.15, 0.2) is 5.82 Å². The second-order valence-corrected chi connectivity index (χ2v) is 5.25. The number of halogens is 3. The minimum absolute atomic E-state index is 0.0150. The lowest BCUT2D eigenvalue weighted by molar-refractivity contribution is -0.141. The first-order valence-electron chi connectivity index (χ1n) is 7.44. The molecule has 4 rings (SSSR count). The molecular formula is C16H10F3N7. The normalized spacial score (nSPS) is 11.7. The first-order valence-corrected chi connectivity index (χ1v) is 7.44. The van der Waals surface area contributed by atoms with Crippen molar-refractivity contribution in [2.24, 2.45) is 0 Å². The molecule has 0 fully saturated rings. The number of hydrogen-bond donors (Lipinski definition) is 1. The first-order chi connectivity index (χ1) is 12.5. The summed E-state index contributed by atoms with van der Waals surface area (Å²) in [6.07, 6.45) is 0.0458. The van der Waals surface area contributed by atoms with Crippen molar-refractivity contribution in [3.8, 4) is 11.5 Å². The summed E-state index contributed by atoms with van der Waals surface area (Å²) in [6.45, 7) is 0. The van der Waals surface area contributed by atoms with Crippen molar-refractivity contribution < 1.29 is 13.2 Å². The molecule has 0 amide bonds. The lowest BCUT2D eigenvalue weighted by Gasteiger charge is -2.10. The van der Waals surface area contributed by atoms with Crippen molar-refractivity contribution in [2.75, 3.05) is 5.32 Å². The van der Waals surface area contributed by atoms with E-state index in [2.05, 4.69) is 30.4 Å². The van der Waals surface area contributed by atoms with Gasteiger partial charge < -0.3 is 5.32 Å². The van der Waals surface area contributed by atoms with E-state index >= 15 is 0 Å². The number of nitrogens with one attached hydrogen (secondary N) is 1. The molecule has 26 heavy (non-hydrogen) atoms. The maximum Gasteiger partial charge on any atom is 0.433 e. The second kappa shape index (κ2) is 6.06. The third-order valence-electron chi connectivity index (χ3n) is 3.49. The van der Waals surface area contributed by atoms with E-state index in [0.717, 1.165) is 6.07 Å². The van der Waals surface area contributed by atoms with E-state index in [-0.39, 0.29) is 11.5 Å². The van der Waals surface area contributed by atoms with Gasteiger partial charge >= 0.3 is 6.18 Å². The molecule has 0 aromatic carbocycles. The number of aromatic nitrogens is 6. The van der Waals surface area contributed by atoms with Crippen LogP contribution >= 0.6 is 0 Å². The third-order valence-corrected chi connectivity index (χ3v) is 3.49. The van der Waals surface area contributed by atoms with Gasteiger partial charge in [-0.05, 0) is 30.3 Å². The lowest BCUT2D eigenvalue weighted by atomic mass is 10.3. The van der Waals surface area contributed by atoms with E-state index < -0.39 is 11.9 Å². The van der Waals surface area contributed by atoms with Gasteiger partial charge in [0.2, 0.25) is 5.82 Å². The molecule has 0 bridgehead atoms. The Labute approximate surface area is 144 Å². The van der Waals surface area contributed by atoms with E-state index in [0.29, 0.717) is 17.2 Å². The van der Waals surface area contributed by atoms with Gasteiger partial charge in [-0.15, -0.1) is 5.10 Å². The van der Waals surface area contributed by atoms with Crippen LogP contribution in [0.3, 0.4) is 0 Å². The van der Waals surface area contributed by atoms with Crippen LogP contribution in [-0.2, 0) is 6.18 Å². The predicted octanol–water partition coefficient (Wildman–Crippen LogP) is 3.34. The number of fused-ring (bicyclic) bond motifs is 1. The summed E-state index contributed by atoms with van der Waals surface area (Å²) in [5, 5.41) is 7.25. The van der Waals surface area contributed by atoms with Gasteiger partial charge in [0.05, 0.1) is 0 Å². The Hall–Kier alpha value is -3.56. The number of anilines is 2. The number of nitrogens with zero attached hydrogens (tertiary/aromatic N) is 6. The zero-order valence-corrected chi connectivity index (χ0v) is 13.0. The molecule has 0 saturated heterocycles. The topological polar surface area (TPSA) is 80.9 Å². The van der Waals surface area contributed by atoms with E-state index in [1.54, 1.807) is 30.6 Å². The Morgan fingerprint density at radius 2 is 1.88 bits per heavy atom. The summed E-state index contributed by atoms with van der Waals surface area (Å²) in [5.74, 6) is 0.930. The Bertz CT molecular complexity index is 1060. The van der Waals surface area contributed by atoms with Gasteiger partial charge in [-0.1, -0.05) is 6.07 Å². The van der Waals surface area contributed by atoms with Gasteiger partial charge in [0.25, 0.3) is 0 Å². The number of alkyl halides is 3. The van der Waals surface area contributed by atoms with Crippen LogP contribution < -0.4 is 5.32 Å². The van der Waals surface area contributed by atoms with Crippen molar-refractivity contribution in [1.82, 2.24) is 29.5 Å². The maximum atomic E-state index is 12.9. The highest BCUT2D eigenvalue weighted by Gasteiger charge is 2.32. The smallest absolute Gasteiger partial charge is 0.323 e. The van der Waals surface area contributed by atoms with E-state index in [9.17, 15) is 13.2 Å². The molecule has 130 valence electrons. The van der Waals surface area contributed by atoms with E-state index in [1.807, 2.05) is 0 Å². The molecule has 0 spiro atoms. The molecule has 0 atom stereocenters. The Morgan fingerprint density at radius 3 is 2.65 bits per heavy atom. The van der Waals surface area contributed by atoms with Gasteiger partial charge in [0.1, 0.15) is 29.0 Å². The molecule has 7 nitrogen and oxygen atoms in total. The van der Waals surface area contributed by atoms with Crippen LogP contribution in [0.5, 0.6) is 0 Å². The van der Waals surface area contributed by atoms with Crippen LogP contribution in [-0.4, -0.2) is 29.5 Å². The Balaban J connectivity index is 1.82. The van der Waals surface area contributed by atoms with Crippen LogP contribution in [0.2, 0.25) is 0 Å². The molecule has 0 radical (unpaired) electrons. The van der Waals surface area contributed by atoms with Crippen molar-refractivity contribution >= 4 is 17.2 Å². The summed E-state index contributed by atoms with van der Waals surface area (Å²) in [6, 6.07) is 8.76. The molecule has 10 heteroatoms. The molecule has 0 unspecified atom stereocenters. The molecule has 4 aromatic heterocycles. The minimum Gasteiger partial charge on any atom is -0.323 e. The molecule has 0 aliphatic rings. The summed E-state index contributed by atoms with van der Waals surface area (Å²) in [5.41, 5.74) is -0.350. The van der Waals surface area contributed by atoms with Crippen molar-refractivity contribution in [3.05, 3.63) is 60.8 Å². The fraction of sp³-hybridized carbons (Fsp3) is 0.0625. The highest BCUT2D eigenvalue weighted by molar-refractivity contribution is 5.73. The minimum atomic E-state index is -4.55. The van der Waals surface area contributed by atoms with E-state index in [1.165, 1.54) is 23.0 Å². The van der Waals surface area contributed by atoms with Crippen LogP contribution in [0.1, 0.15) is 5.69 Å². The fourth-order valence-corrected chi connectivity index (χ4v) is 2.34. The average Bonchev–Trinajstić information content (AvgIpc) is 3.11. The monoisotopic (exact) mass is 357 g/mol. The average molecular weight is 357 g/mol. The molecule has 0 aliphatic heterocycles. The third kappa shape index (κ3) is 3.04. The first kappa shape index (κ1) is 15.9. The molecule has 1 N–H and O–H groups in total. The lowest BCUT2D eigenvalue weighted by Crippen LogP contribution is -2.09. The molecule has 0 saturated carbocycles. The van der Waals surface area contributed by atoms with Crippen LogP contribution in [0, 0.1) is 0 Å². The Kier molecular flexibility index (Phi) is 3.72. The molecule has 4 aromatic rings. The largest absolute Gasteiger partial charge is 0.433 e. The molecule has 0 aliphatic carbocycles. The molecule has 4 heterocycles. The fourth-order valence-electron chi connectivity index (χ4n) is 2.34. The van der Waals surface area contributed by atoms with Crippen LogP contribution in [0.4, 0.5) is 24.8 Å². The number of hydrogen-bond acceptors (Lipinski definition) is 6. The predicted molar refractivity (Wildman–Crippen MR) is 86.5 cm³/mol. The van der Waals surface area contributed by atoms with Gasteiger partial charge in [0, 0.05) is 12.4 Å². The summed E-state index contributed by atoms with van der Waals surface area (Å²) in [7, 11) is 0. The van der Waals surface area contributed by atoms with Crippen molar-refractivity contribution in [2.45, 2.75) is 6.18 Å². The summed E-state index contributed by atoms with van der Waals surface area (Å²) >= 11 is 0. The quantitative estimate of drug-likeness (QED) is 0.606. The Morgan fingerprint density at radius 1 is 1.00 bits per heavy atom. The standard InChI is InChI=1S/C16H10F3N7/c17-16(18,19)12-5-1-3-10(22-12)14-24-15(11-4-2-8-26(11)25-14)23-13-6-7-20-9-21-13/h1-9H,(H,20,21,23,24,25). The highest BCUT2D eigenvalue weighted by Crippen LogP contribution is 2.29. The molecular weight excluding hydrogens is 347 g/mol. The van der Waals surface area contributed by atoms with Crippen molar-refractivity contribution in [3.63, 3.8) is 0 Å². The second-order valence-electron chi connectivity index (χ2n) is 5.25. The zero-order valence-electron chi connectivity index (χ0n) is 13.0. The summed E-state index contributed by atoms with van der Waals surface area (Å²) < 4.78 is 40.3. The number of rotatable bonds is 3. The van der Waals surface area contributed by atoms with Gasteiger partial charge in [-0.2, -0.15) is 13.2 Å². The highest BCUT2D eigenvalue weighted by atomic mass is 19.4. The van der Waals surface area contributed by atoms with Crippen molar-refractivity contribution in [1.29, 1.82) is 0 Å². The SMILES string of the molecule is FC(F)(F)c1cccc(-c2nc(Nc3ccncn3)c3cccn3n2)n1. The van der Waals surface area contributed by atoms with Crippen LogP contribution in [0.15, 0.2) is 55.1 Å². The van der Waals surface area contributed by atoms with Crippen LogP contribution in [0.25, 0.3) is 17.0 Å². The maximum absolute atomic E-state index is 12.9.